The number of halogens is 2. The summed E-state index contributed by atoms with van der Waals surface area (Å²) in [4.78, 5) is 16.9. The van der Waals surface area contributed by atoms with Crippen molar-refractivity contribution in [3.05, 3.63) is 23.4 Å². The molecule has 0 aromatic carbocycles. The molecule has 1 aliphatic rings. The van der Waals surface area contributed by atoms with Gasteiger partial charge in [0.1, 0.15) is 17.7 Å². The van der Waals surface area contributed by atoms with E-state index in [1.807, 2.05) is 4.90 Å². The summed E-state index contributed by atoms with van der Waals surface area (Å²) in [6, 6.07) is 1.55. The van der Waals surface area contributed by atoms with Gasteiger partial charge >= 0.3 is 5.97 Å². The zero-order chi connectivity index (χ0) is 15.6. The monoisotopic (exact) mass is 298 g/mol. The number of rotatable bonds is 4. The van der Waals surface area contributed by atoms with Crippen LogP contribution in [0.2, 0.25) is 0 Å². The van der Waals surface area contributed by atoms with Gasteiger partial charge in [-0.3, -0.25) is 0 Å². The van der Waals surface area contributed by atoms with Crippen LogP contribution < -0.4 is 4.90 Å². The van der Waals surface area contributed by atoms with Gasteiger partial charge in [0.2, 0.25) is 0 Å². The largest absolute Gasteiger partial charge is 0.478 e. The molecule has 1 atom stereocenters. The van der Waals surface area contributed by atoms with Crippen LogP contribution in [0.15, 0.2) is 12.3 Å². The number of hydrogen-bond acceptors (Lipinski definition) is 3. The number of alkyl halides is 2. The molecule has 1 aromatic heterocycles. The van der Waals surface area contributed by atoms with Gasteiger partial charge in [0.15, 0.2) is 0 Å². The number of carboxylic acids is 1. The highest BCUT2D eigenvalue weighted by Gasteiger charge is 2.41. The highest BCUT2D eigenvalue weighted by atomic mass is 19.2. The van der Waals surface area contributed by atoms with E-state index in [1.54, 1.807) is 19.9 Å². The maximum atomic E-state index is 14.4. The molecule has 1 fully saturated rings. The number of pyridine rings is 1. The van der Waals surface area contributed by atoms with Gasteiger partial charge < -0.3 is 10.0 Å². The summed E-state index contributed by atoms with van der Waals surface area (Å²) in [5.74, 6) is -0.379. The van der Waals surface area contributed by atoms with Crippen LogP contribution in [0.1, 0.15) is 42.1 Å². The Morgan fingerprint density at radius 2 is 2.14 bits per heavy atom. The SMILES string of the molecule is CCC(F)C1(F)CCN(c2ncc(C(=O)O)cc2C)CC1. The van der Waals surface area contributed by atoms with Gasteiger partial charge in [-0.1, -0.05) is 6.92 Å². The van der Waals surface area contributed by atoms with Crippen molar-refractivity contribution in [2.75, 3.05) is 18.0 Å². The molecule has 1 aromatic rings. The smallest absolute Gasteiger partial charge is 0.337 e. The molecule has 0 radical (unpaired) electrons. The van der Waals surface area contributed by atoms with Crippen LogP contribution in [0.5, 0.6) is 0 Å². The van der Waals surface area contributed by atoms with E-state index in [0.717, 1.165) is 5.56 Å². The summed E-state index contributed by atoms with van der Waals surface area (Å²) < 4.78 is 28.1. The Balaban J connectivity index is 2.11. The molecule has 1 saturated heterocycles. The van der Waals surface area contributed by atoms with Crippen LogP contribution in [-0.4, -0.2) is 41.0 Å². The molecular weight excluding hydrogens is 278 g/mol. The number of nitrogens with zero attached hydrogens (tertiary/aromatic N) is 2. The lowest BCUT2D eigenvalue weighted by molar-refractivity contribution is 0.0244. The lowest BCUT2D eigenvalue weighted by Gasteiger charge is -2.39. The Morgan fingerprint density at radius 3 is 2.62 bits per heavy atom. The minimum absolute atomic E-state index is 0.128. The number of hydrogen-bond donors (Lipinski definition) is 1. The Hall–Kier alpha value is -1.72. The number of aryl methyl sites for hydroxylation is 1. The number of carboxylic acid groups (broad SMARTS) is 1. The molecule has 116 valence electrons. The van der Waals surface area contributed by atoms with Crippen molar-refractivity contribution < 1.29 is 18.7 Å². The number of aromatic nitrogens is 1. The highest BCUT2D eigenvalue weighted by Crippen LogP contribution is 2.35. The molecular formula is C15H20F2N2O2. The fourth-order valence-corrected chi connectivity index (χ4v) is 2.78. The van der Waals surface area contributed by atoms with E-state index in [4.69, 9.17) is 5.11 Å². The van der Waals surface area contributed by atoms with Crippen molar-refractivity contribution in [2.45, 2.75) is 45.0 Å². The topological polar surface area (TPSA) is 53.4 Å². The first-order valence-electron chi connectivity index (χ1n) is 7.15. The molecule has 0 amide bonds. The van der Waals surface area contributed by atoms with E-state index in [1.165, 1.54) is 6.20 Å². The van der Waals surface area contributed by atoms with E-state index in [0.29, 0.717) is 18.9 Å². The third-order valence-electron chi connectivity index (χ3n) is 4.11. The first kappa shape index (κ1) is 15.7. The highest BCUT2D eigenvalue weighted by molar-refractivity contribution is 5.87. The maximum Gasteiger partial charge on any atom is 0.337 e. The number of aromatic carboxylic acids is 1. The average Bonchev–Trinajstić information content (AvgIpc) is 2.47. The molecule has 1 unspecified atom stereocenters. The van der Waals surface area contributed by atoms with Crippen molar-refractivity contribution in [3.8, 4) is 0 Å². The van der Waals surface area contributed by atoms with Gasteiger partial charge in [-0.25, -0.2) is 18.6 Å². The van der Waals surface area contributed by atoms with E-state index in [2.05, 4.69) is 4.98 Å². The molecule has 2 rings (SSSR count). The lowest BCUT2D eigenvalue weighted by Crippen LogP contribution is -2.47. The van der Waals surface area contributed by atoms with E-state index >= 15 is 0 Å². The fourth-order valence-electron chi connectivity index (χ4n) is 2.78. The molecule has 21 heavy (non-hydrogen) atoms. The predicted molar refractivity (Wildman–Crippen MR) is 76.4 cm³/mol. The summed E-state index contributed by atoms with van der Waals surface area (Å²) in [6.07, 6.45) is 0.309. The average molecular weight is 298 g/mol. The predicted octanol–water partition coefficient (Wildman–Crippen LogP) is 3.14. The summed E-state index contributed by atoms with van der Waals surface area (Å²) >= 11 is 0. The number of piperidine rings is 1. The van der Waals surface area contributed by atoms with Gasteiger partial charge in [0, 0.05) is 32.1 Å². The minimum atomic E-state index is -1.75. The molecule has 0 aliphatic carbocycles. The molecule has 1 aliphatic heterocycles. The van der Waals surface area contributed by atoms with Crippen molar-refractivity contribution in [1.29, 1.82) is 0 Å². The fraction of sp³-hybridized carbons (Fsp3) is 0.600. The quantitative estimate of drug-likeness (QED) is 0.928. The van der Waals surface area contributed by atoms with Crippen LogP contribution in [0.25, 0.3) is 0 Å². The van der Waals surface area contributed by atoms with Crippen molar-refractivity contribution in [1.82, 2.24) is 4.98 Å². The second-order valence-corrected chi connectivity index (χ2v) is 5.57. The zero-order valence-electron chi connectivity index (χ0n) is 12.3. The summed E-state index contributed by atoms with van der Waals surface area (Å²) in [7, 11) is 0. The molecule has 0 spiro atoms. The second kappa shape index (κ2) is 5.95. The third-order valence-corrected chi connectivity index (χ3v) is 4.11. The van der Waals surface area contributed by atoms with Gasteiger partial charge in [-0.05, 0) is 25.0 Å². The molecule has 1 N–H and O–H groups in total. The van der Waals surface area contributed by atoms with E-state index in [9.17, 15) is 13.6 Å². The van der Waals surface area contributed by atoms with Gasteiger partial charge in [-0.15, -0.1) is 0 Å². The normalized spacial score (nSPS) is 19.3. The van der Waals surface area contributed by atoms with E-state index < -0.39 is 17.8 Å². The van der Waals surface area contributed by atoms with Gasteiger partial charge in [0.05, 0.1) is 5.56 Å². The van der Waals surface area contributed by atoms with Gasteiger partial charge in [0.25, 0.3) is 0 Å². The number of carbonyl (C=O) groups is 1. The maximum absolute atomic E-state index is 14.4. The molecule has 2 heterocycles. The standard InChI is InChI=1S/C15H20F2N2O2/c1-3-12(16)15(17)4-6-19(7-5-15)13-10(2)8-11(9-18-13)14(20)21/h8-9,12H,3-7H2,1-2H3,(H,20,21). The molecule has 4 nitrogen and oxygen atoms in total. The Kier molecular flexibility index (Phi) is 4.44. The van der Waals surface area contributed by atoms with Crippen LogP contribution in [0.3, 0.4) is 0 Å². The Bertz CT molecular complexity index is 528. The lowest BCUT2D eigenvalue weighted by atomic mass is 9.87. The Labute approximate surface area is 122 Å². The van der Waals surface area contributed by atoms with Crippen molar-refractivity contribution in [3.63, 3.8) is 0 Å². The minimum Gasteiger partial charge on any atom is -0.478 e. The third kappa shape index (κ3) is 3.14. The van der Waals surface area contributed by atoms with Crippen LogP contribution in [0.4, 0.5) is 14.6 Å². The second-order valence-electron chi connectivity index (χ2n) is 5.57. The Morgan fingerprint density at radius 1 is 1.52 bits per heavy atom. The first-order valence-corrected chi connectivity index (χ1v) is 7.15. The molecule has 6 heteroatoms. The van der Waals surface area contributed by atoms with E-state index in [-0.39, 0.29) is 24.8 Å². The van der Waals surface area contributed by atoms with Crippen LogP contribution in [0, 0.1) is 6.92 Å². The zero-order valence-corrected chi connectivity index (χ0v) is 12.3. The summed E-state index contributed by atoms with van der Waals surface area (Å²) in [5, 5.41) is 8.92. The summed E-state index contributed by atoms with van der Waals surface area (Å²) in [6.45, 7) is 4.19. The molecule has 0 saturated carbocycles. The van der Waals surface area contributed by atoms with Crippen molar-refractivity contribution >= 4 is 11.8 Å². The van der Waals surface area contributed by atoms with Crippen molar-refractivity contribution in [2.24, 2.45) is 0 Å². The summed E-state index contributed by atoms with van der Waals surface area (Å²) in [5.41, 5.74) is -0.892. The first-order chi connectivity index (χ1) is 9.87. The van der Waals surface area contributed by atoms with Gasteiger partial charge in [-0.2, -0.15) is 0 Å². The number of anilines is 1. The molecule has 0 bridgehead atoms. The van der Waals surface area contributed by atoms with Crippen LogP contribution in [-0.2, 0) is 0 Å². The van der Waals surface area contributed by atoms with Crippen LogP contribution >= 0.6 is 0 Å².